The van der Waals surface area contributed by atoms with Crippen LogP contribution in [0.25, 0.3) is 11.3 Å². The number of carbonyl (C=O) groups is 1. The average molecular weight is 470 g/mol. The Kier molecular flexibility index (Phi) is 6.45. The summed E-state index contributed by atoms with van der Waals surface area (Å²) in [7, 11) is 0. The second-order valence-corrected chi connectivity index (χ2v) is 8.51. The van der Waals surface area contributed by atoms with Gasteiger partial charge in [0.1, 0.15) is 0 Å². The number of piperazine rings is 1. The molecule has 1 aliphatic heterocycles. The van der Waals surface area contributed by atoms with Gasteiger partial charge in [0, 0.05) is 37.4 Å². The molecule has 2 heterocycles. The van der Waals surface area contributed by atoms with Crippen molar-refractivity contribution in [3.63, 3.8) is 0 Å². The first-order chi connectivity index (χ1) is 16.1. The number of hydrogen-bond donors (Lipinski definition) is 1. The van der Waals surface area contributed by atoms with Crippen molar-refractivity contribution < 1.29 is 18.0 Å². The summed E-state index contributed by atoms with van der Waals surface area (Å²) >= 11 is 0. The number of urea groups is 1. The molecule has 0 aliphatic carbocycles. The highest BCUT2D eigenvalue weighted by atomic mass is 19.4. The number of anilines is 2. The molecule has 6 nitrogen and oxygen atoms in total. The highest BCUT2D eigenvalue weighted by Crippen LogP contribution is 2.31. The molecule has 1 fully saturated rings. The zero-order valence-corrected chi connectivity index (χ0v) is 19.3. The van der Waals surface area contributed by atoms with Crippen molar-refractivity contribution in [1.29, 1.82) is 0 Å². The molecular formula is C25H26F3N5O. The molecule has 0 saturated carbocycles. The summed E-state index contributed by atoms with van der Waals surface area (Å²) in [5.74, 6) is 0.725. The standard InChI is InChI=1S/C25H26F3N5O/c1-16-13-18(3)21(14-17(16)2)22-7-8-23(31-30-22)32-9-11-33(12-10-32)24(34)29-20-6-4-5-19(15-20)25(26,27)28/h4-8,13-15H,9-12H2,1-3H3,(H,29,34). The second kappa shape index (κ2) is 9.32. The zero-order chi connectivity index (χ0) is 24.5. The van der Waals surface area contributed by atoms with Crippen LogP contribution in [0.3, 0.4) is 0 Å². The number of benzene rings is 2. The van der Waals surface area contributed by atoms with Gasteiger partial charge in [-0.25, -0.2) is 4.79 Å². The Labute approximate surface area is 196 Å². The lowest BCUT2D eigenvalue weighted by molar-refractivity contribution is -0.137. The largest absolute Gasteiger partial charge is 0.416 e. The molecule has 2 amide bonds. The van der Waals surface area contributed by atoms with Crippen molar-refractivity contribution in [2.75, 3.05) is 36.4 Å². The average Bonchev–Trinajstić information content (AvgIpc) is 2.81. The minimum Gasteiger partial charge on any atom is -0.352 e. The van der Waals surface area contributed by atoms with Gasteiger partial charge in [-0.15, -0.1) is 10.2 Å². The highest BCUT2D eigenvalue weighted by Gasteiger charge is 2.31. The fourth-order valence-corrected chi connectivity index (χ4v) is 3.99. The third kappa shape index (κ3) is 5.13. The van der Waals surface area contributed by atoms with E-state index in [1.165, 1.54) is 23.3 Å². The Morgan fingerprint density at radius 2 is 1.59 bits per heavy atom. The summed E-state index contributed by atoms with van der Waals surface area (Å²) in [5.41, 5.74) is 4.76. The van der Waals surface area contributed by atoms with Gasteiger partial charge >= 0.3 is 12.2 Å². The predicted octanol–water partition coefficient (Wildman–Crippen LogP) is 5.44. The van der Waals surface area contributed by atoms with Crippen LogP contribution in [0.1, 0.15) is 22.3 Å². The molecule has 178 valence electrons. The number of halogens is 3. The van der Waals surface area contributed by atoms with Gasteiger partial charge in [-0.1, -0.05) is 12.1 Å². The number of amides is 2. The van der Waals surface area contributed by atoms with E-state index in [0.717, 1.165) is 34.8 Å². The molecule has 4 rings (SSSR count). The first-order valence-electron chi connectivity index (χ1n) is 11.0. The number of nitrogens with one attached hydrogen (secondary N) is 1. The van der Waals surface area contributed by atoms with Gasteiger partial charge in [0.05, 0.1) is 11.3 Å². The summed E-state index contributed by atoms with van der Waals surface area (Å²) in [5, 5.41) is 11.4. The molecule has 0 bridgehead atoms. The maximum Gasteiger partial charge on any atom is 0.416 e. The molecule has 0 unspecified atom stereocenters. The second-order valence-electron chi connectivity index (χ2n) is 8.51. The van der Waals surface area contributed by atoms with Crippen molar-refractivity contribution >= 4 is 17.5 Å². The maximum absolute atomic E-state index is 12.9. The van der Waals surface area contributed by atoms with Crippen LogP contribution >= 0.6 is 0 Å². The quantitative estimate of drug-likeness (QED) is 0.555. The summed E-state index contributed by atoms with van der Waals surface area (Å²) in [6.45, 7) is 8.15. The Bertz CT molecular complexity index is 1190. The van der Waals surface area contributed by atoms with Crippen LogP contribution in [0.15, 0.2) is 48.5 Å². The van der Waals surface area contributed by atoms with Gasteiger partial charge < -0.3 is 15.1 Å². The van der Waals surface area contributed by atoms with E-state index in [1.54, 1.807) is 4.90 Å². The number of hydrogen-bond acceptors (Lipinski definition) is 4. The summed E-state index contributed by atoms with van der Waals surface area (Å²) in [4.78, 5) is 16.2. The first-order valence-corrected chi connectivity index (χ1v) is 11.0. The summed E-state index contributed by atoms with van der Waals surface area (Å²) in [6, 6.07) is 12.3. The van der Waals surface area contributed by atoms with E-state index in [4.69, 9.17) is 0 Å². The summed E-state index contributed by atoms with van der Waals surface area (Å²) < 4.78 is 38.7. The molecule has 0 atom stereocenters. The smallest absolute Gasteiger partial charge is 0.352 e. The number of aromatic nitrogens is 2. The topological polar surface area (TPSA) is 61.4 Å². The maximum atomic E-state index is 12.9. The van der Waals surface area contributed by atoms with Crippen molar-refractivity contribution in [2.24, 2.45) is 0 Å². The third-order valence-electron chi connectivity index (χ3n) is 6.10. The molecule has 34 heavy (non-hydrogen) atoms. The molecule has 1 aliphatic rings. The van der Waals surface area contributed by atoms with Crippen molar-refractivity contribution in [3.05, 3.63) is 70.8 Å². The zero-order valence-electron chi connectivity index (χ0n) is 19.3. The number of rotatable bonds is 3. The molecule has 2 aromatic carbocycles. The Hall–Kier alpha value is -3.62. The molecule has 3 aromatic rings. The van der Waals surface area contributed by atoms with Crippen LogP contribution in [0.5, 0.6) is 0 Å². The number of alkyl halides is 3. The molecule has 1 aromatic heterocycles. The van der Waals surface area contributed by atoms with Crippen molar-refractivity contribution in [2.45, 2.75) is 26.9 Å². The van der Waals surface area contributed by atoms with E-state index < -0.39 is 17.8 Å². The van der Waals surface area contributed by atoms with Gasteiger partial charge in [0.25, 0.3) is 0 Å². The number of aryl methyl sites for hydroxylation is 3. The monoisotopic (exact) mass is 469 g/mol. The molecule has 1 saturated heterocycles. The Morgan fingerprint density at radius 1 is 0.882 bits per heavy atom. The fraction of sp³-hybridized carbons (Fsp3) is 0.320. The fourth-order valence-electron chi connectivity index (χ4n) is 3.99. The molecular weight excluding hydrogens is 443 g/mol. The lowest BCUT2D eigenvalue weighted by Crippen LogP contribution is -2.50. The Balaban J connectivity index is 1.37. The van der Waals surface area contributed by atoms with Crippen LogP contribution in [0.2, 0.25) is 0 Å². The molecule has 9 heteroatoms. The van der Waals surface area contributed by atoms with Crippen molar-refractivity contribution in [3.8, 4) is 11.3 Å². The lowest BCUT2D eigenvalue weighted by Gasteiger charge is -2.35. The Morgan fingerprint density at radius 3 is 2.24 bits per heavy atom. The van der Waals surface area contributed by atoms with Crippen molar-refractivity contribution in [1.82, 2.24) is 15.1 Å². The SMILES string of the molecule is Cc1cc(C)c(-c2ccc(N3CCN(C(=O)Nc4cccc(C(F)(F)F)c4)CC3)nn2)cc1C. The number of nitrogens with zero attached hydrogens (tertiary/aromatic N) is 4. The molecule has 0 spiro atoms. The minimum atomic E-state index is -4.46. The van der Waals surface area contributed by atoms with E-state index in [-0.39, 0.29) is 5.69 Å². The summed E-state index contributed by atoms with van der Waals surface area (Å²) in [6.07, 6.45) is -4.46. The van der Waals surface area contributed by atoms with Gasteiger partial charge in [0.15, 0.2) is 5.82 Å². The molecule has 1 N–H and O–H groups in total. The minimum absolute atomic E-state index is 0.116. The van der Waals surface area contributed by atoms with Crippen LogP contribution in [-0.2, 0) is 6.18 Å². The third-order valence-corrected chi connectivity index (χ3v) is 6.10. The van der Waals surface area contributed by atoms with Gasteiger partial charge in [-0.3, -0.25) is 0 Å². The van der Waals surface area contributed by atoms with Gasteiger partial charge in [0.2, 0.25) is 0 Å². The highest BCUT2D eigenvalue weighted by molar-refractivity contribution is 5.89. The van der Waals surface area contributed by atoms with Crippen LogP contribution in [0.4, 0.5) is 29.5 Å². The normalized spacial score (nSPS) is 14.3. The lowest BCUT2D eigenvalue weighted by atomic mass is 9.99. The van der Waals surface area contributed by atoms with E-state index in [0.29, 0.717) is 26.2 Å². The van der Waals surface area contributed by atoms with Crippen LogP contribution in [-0.4, -0.2) is 47.3 Å². The predicted molar refractivity (Wildman–Crippen MR) is 126 cm³/mol. The molecule has 0 radical (unpaired) electrons. The van der Waals surface area contributed by atoms with Gasteiger partial charge in [-0.2, -0.15) is 13.2 Å². The van der Waals surface area contributed by atoms with E-state index in [1.807, 2.05) is 17.0 Å². The van der Waals surface area contributed by atoms with Crippen LogP contribution in [0, 0.1) is 20.8 Å². The first kappa shape index (κ1) is 23.5. The van der Waals surface area contributed by atoms with Crippen LogP contribution < -0.4 is 10.2 Å². The van der Waals surface area contributed by atoms with E-state index in [9.17, 15) is 18.0 Å². The van der Waals surface area contributed by atoms with E-state index >= 15 is 0 Å². The van der Waals surface area contributed by atoms with E-state index in [2.05, 4.69) is 48.4 Å². The van der Waals surface area contributed by atoms with Gasteiger partial charge in [-0.05, 0) is 73.9 Å². The number of carbonyl (C=O) groups excluding carboxylic acids is 1.